The van der Waals surface area contributed by atoms with Crippen molar-refractivity contribution in [1.29, 1.82) is 0 Å². The molecule has 0 radical (unpaired) electrons. The zero-order valence-electron chi connectivity index (χ0n) is 16.2. The van der Waals surface area contributed by atoms with Crippen LogP contribution in [0.25, 0.3) is 10.4 Å². The smallest absolute Gasteiger partial charge is 0.307 e. The Morgan fingerprint density at radius 1 is 1.45 bits per heavy atom. The monoisotopic (exact) mass is 413 g/mol. The van der Waals surface area contributed by atoms with E-state index in [1.807, 2.05) is 30.5 Å². The number of likely N-dealkylation sites (tertiary alicyclic amines) is 1. The lowest BCUT2D eigenvalue weighted by Crippen LogP contribution is -2.40. The minimum atomic E-state index is -0.732. The molecular formula is C20H23N5O3S. The number of thiophene rings is 1. The SMILES string of the molecule is Cc1ccsc1C(=NOCCN1CCC[C@@H](C(=O)O)C1)c1cccc(N=[N+]=[N-])c1. The number of benzene rings is 1. The summed E-state index contributed by atoms with van der Waals surface area (Å²) in [5.74, 6) is -1.04. The second kappa shape index (κ2) is 10.1. The summed E-state index contributed by atoms with van der Waals surface area (Å²) in [6.07, 6.45) is 1.61. The van der Waals surface area contributed by atoms with Gasteiger partial charge in [-0.3, -0.25) is 9.69 Å². The maximum atomic E-state index is 11.2. The van der Waals surface area contributed by atoms with Gasteiger partial charge in [0.15, 0.2) is 0 Å². The van der Waals surface area contributed by atoms with E-state index in [1.54, 1.807) is 23.5 Å². The number of hydrogen-bond donors (Lipinski definition) is 1. The standard InChI is InChI=1S/C20H23N5O3S/c1-14-7-11-29-19(14)18(15-4-2-6-17(12-15)22-24-21)23-28-10-9-25-8-3-5-16(13-25)20(26)27/h2,4,6-7,11-12,16H,3,5,8-10,13H2,1H3,(H,26,27)/t16-/m1/s1. The third kappa shape index (κ3) is 5.57. The summed E-state index contributed by atoms with van der Waals surface area (Å²) in [6, 6.07) is 9.26. The van der Waals surface area contributed by atoms with Crippen molar-refractivity contribution in [2.75, 3.05) is 26.2 Å². The molecule has 0 unspecified atom stereocenters. The first kappa shape index (κ1) is 20.9. The largest absolute Gasteiger partial charge is 0.481 e. The maximum Gasteiger partial charge on any atom is 0.307 e. The van der Waals surface area contributed by atoms with Crippen LogP contribution >= 0.6 is 11.3 Å². The van der Waals surface area contributed by atoms with E-state index in [2.05, 4.69) is 20.1 Å². The van der Waals surface area contributed by atoms with Crippen molar-refractivity contribution in [3.63, 3.8) is 0 Å². The Morgan fingerprint density at radius 3 is 3.03 bits per heavy atom. The van der Waals surface area contributed by atoms with E-state index in [0.29, 0.717) is 31.1 Å². The number of carboxylic acid groups (broad SMARTS) is 1. The number of oxime groups is 1. The van der Waals surface area contributed by atoms with Gasteiger partial charge in [-0.05, 0) is 54.9 Å². The number of hydrogen-bond acceptors (Lipinski definition) is 6. The van der Waals surface area contributed by atoms with Crippen LogP contribution in [0.2, 0.25) is 0 Å². The van der Waals surface area contributed by atoms with Gasteiger partial charge in [-0.2, -0.15) is 0 Å². The van der Waals surface area contributed by atoms with Gasteiger partial charge >= 0.3 is 5.97 Å². The van der Waals surface area contributed by atoms with Gasteiger partial charge in [-0.15, -0.1) is 11.3 Å². The molecule has 2 heterocycles. The molecule has 0 saturated carbocycles. The van der Waals surface area contributed by atoms with Crippen LogP contribution in [0.5, 0.6) is 0 Å². The predicted octanol–water partition coefficient (Wildman–Crippen LogP) is 4.56. The number of aliphatic carboxylic acids is 1. The highest BCUT2D eigenvalue weighted by atomic mass is 32.1. The Balaban J connectivity index is 1.71. The van der Waals surface area contributed by atoms with Crippen LogP contribution in [0.3, 0.4) is 0 Å². The van der Waals surface area contributed by atoms with E-state index in [0.717, 1.165) is 35.4 Å². The summed E-state index contributed by atoms with van der Waals surface area (Å²) >= 11 is 1.57. The molecule has 2 aromatic rings. The van der Waals surface area contributed by atoms with Gasteiger partial charge in [-0.1, -0.05) is 28.5 Å². The highest BCUT2D eigenvalue weighted by molar-refractivity contribution is 7.12. The molecule has 3 rings (SSSR count). The molecule has 1 aromatic carbocycles. The van der Waals surface area contributed by atoms with Crippen LogP contribution in [-0.2, 0) is 9.63 Å². The second-order valence-electron chi connectivity index (χ2n) is 6.92. The number of azide groups is 1. The first-order valence-corrected chi connectivity index (χ1v) is 10.3. The van der Waals surface area contributed by atoms with Crippen molar-refractivity contribution < 1.29 is 14.7 Å². The van der Waals surface area contributed by atoms with Gasteiger partial charge in [0.1, 0.15) is 12.3 Å². The number of aryl methyl sites for hydroxylation is 1. The fraction of sp³-hybridized carbons (Fsp3) is 0.400. The lowest BCUT2D eigenvalue weighted by atomic mass is 9.98. The Kier molecular flexibility index (Phi) is 7.24. The second-order valence-corrected chi connectivity index (χ2v) is 7.84. The number of rotatable bonds is 8. The van der Waals surface area contributed by atoms with Crippen LogP contribution in [-0.4, -0.2) is 47.9 Å². The topological polar surface area (TPSA) is 111 Å². The maximum absolute atomic E-state index is 11.2. The molecule has 0 amide bonds. The van der Waals surface area contributed by atoms with Gasteiger partial charge in [-0.25, -0.2) is 0 Å². The lowest BCUT2D eigenvalue weighted by molar-refractivity contribution is -0.143. The van der Waals surface area contributed by atoms with E-state index in [1.165, 1.54) is 0 Å². The van der Waals surface area contributed by atoms with E-state index in [9.17, 15) is 9.90 Å². The molecule has 1 fully saturated rings. The summed E-state index contributed by atoms with van der Waals surface area (Å²) in [7, 11) is 0. The van der Waals surface area contributed by atoms with Gasteiger partial charge in [0.2, 0.25) is 0 Å². The normalized spacial score (nSPS) is 17.6. The zero-order chi connectivity index (χ0) is 20.6. The van der Waals surface area contributed by atoms with Gasteiger partial charge in [0.05, 0.1) is 10.8 Å². The molecule has 1 aliphatic rings. The highest BCUT2D eigenvalue weighted by Gasteiger charge is 2.25. The molecule has 0 bridgehead atoms. The van der Waals surface area contributed by atoms with Crippen molar-refractivity contribution in [3.8, 4) is 0 Å². The molecule has 8 nitrogen and oxygen atoms in total. The average Bonchev–Trinajstić information content (AvgIpc) is 3.14. The fourth-order valence-electron chi connectivity index (χ4n) is 3.35. The number of piperidine rings is 1. The molecule has 29 heavy (non-hydrogen) atoms. The summed E-state index contributed by atoms with van der Waals surface area (Å²) < 4.78 is 0. The van der Waals surface area contributed by atoms with Crippen molar-refractivity contribution in [1.82, 2.24) is 4.90 Å². The van der Waals surface area contributed by atoms with Gasteiger partial charge in [0.25, 0.3) is 0 Å². The minimum absolute atomic E-state index is 0.306. The lowest BCUT2D eigenvalue weighted by Gasteiger charge is -2.29. The molecule has 1 saturated heterocycles. The van der Waals surface area contributed by atoms with E-state index >= 15 is 0 Å². The van der Waals surface area contributed by atoms with Crippen LogP contribution in [0.15, 0.2) is 46.0 Å². The Labute approximate surface area is 173 Å². The number of carbonyl (C=O) groups is 1. The van der Waals surface area contributed by atoms with Crippen LogP contribution in [0.1, 0.15) is 28.8 Å². The van der Waals surface area contributed by atoms with E-state index in [-0.39, 0.29) is 5.92 Å². The third-order valence-corrected chi connectivity index (χ3v) is 5.89. The first-order chi connectivity index (χ1) is 14.1. The summed E-state index contributed by atoms with van der Waals surface area (Å²) in [6.45, 7) is 4.44. The molecular weight excluding hydrogens is 390 g/mol. The molecule has 1 atom stereocenters. The quantitative estimate of drug-likeness (QED) is 0.171. The molecule has 9 heteroatoms. The van der Waals surface area contributed by atoms with Crippen molar-refractivity contribution in [3.05, 3.63) is 62.2 Å². The molecule has 152 valence electrons. The van der Waals surface area contributed by atoms with Gasteiger partial charge < -0.3 is 9.94 Å². The molecule has 1 N–H and O–H groups in total. The highest BCUT2D eigenvalue weighted by Crippen LogP contribution is 2.24. The van der Waals surface area contributed by atoms with Crippen LogP contribution in [0.4, 0.5) is 5.69 Å². The van der Waals surface area contributed by atoms with Crippen molar-refractivity contribution in [2.45, 2.75) is 19.8 Å². The Morgan fingerprint density at radius 2 is 2.31 bits per heavy atom. The molecule has 0 spiro atoms. The fourth-order valence-corrected chi connectivity index (χ4v) is 4.28. The molecule has 1 aromatic heterocycles. The zero-order valence-corrected chi connectivity index (χ0v) is 17.0. The predicted molar refractivity (Wildman–Crippen MR) is 113 cm³/mol. The third-order valence-electron chi connectivity index (χ3n) is 4.87. The van der Waals surface area contributed by atoms with Gasteiger partial charge in [0, 0.05) is 29.3 Å². The summed E-state index contributed by atoms with van der Waals surface area (Å²) in [5.41, 5.74) is 11.8. The molecule has 1 aliphatic heterocycles. The van der Waals surface area contributed by atoms with E-state index in [4.69, 9.17) is 10.4 Å². The minimum Gasteiger partial charge on any atom is -0.481 e. The van der Waals surface area contributed by atoms with Crippen molar-refractivity contribution >= 4 is 28.7 Å². The average molecular weight is 414 g/mol. The Bertz CT molecular complexity index is 936. The first-order valence-electron chi connectivity index (χ1n) is 9.43. The molecule has 0 aliphatic carbocycles. The van der Waals surface area contributed by atoms with Crippen LogP contribution < -0.4 is 0 Å². The van der Waals surface area contributed by atoms with E-state index < -0.39 is 5.97 Å². The number of nitrogens with zero attached hydrogens (tertiary/aromatic N) is 5. The summed E-state index contributed by atoms with van der Waals surface area (Å²) in [5, 5.41) is 19.3. The Hall–Kier alpha value is -2.87. The van der Waals surface area contributed by atoms with Crippen LogP contribution in [0, 0.1) is 12.8 Å². The summed E-state index contributed by atoms with van der Waals surface area (Å²) in [4.78, 5) is 22.8. The van der Waals surface area contributed by atoms with Crippen molar-refractivity contribution in [2.24, 2.45) is 16.2 Å². The number of carboxylic acids is 1.